The number of aliphatic hydroxyl groups is 1. The van der Waals surface area contributed by atoms with E-state index in [0.29, 0.717) is 12.3 Å². The van der Waals surface area contributed by atoms with Crippen molar-refractivity contribution in [3.05, 3.63) is 0 Å². The largest absolute Gasteiger partial charge is 0.479 e. The van der Waals surface area contributed by atoms with Gasteiger partial charge >= 0.3 is 5.97 Å². The molecule has 6 nitrogen and oxygen atoms in total. The molecule has 8 heteroatoms. The number of carboxylic acid groups (broad SMARTS) is 1. The van der Waals surface area contributed by atoms with Crippen molar-refractivity contribution >= 4 is 27.1 Å². The van der Waals surface area contributed by atoms with Crippen LogP contribution in [0.2, 0.25) is 0 Å². The third-order valence-electron chi connectivity index (χ3n) is 7.16. The fourth-order valence-electron chi connectivity index (χ4n) is 4.65. The molecule has 5 atom stereocenters. The van der Waals surface area contributed by atoms with Gasteiger partial charge < -0.3 is 24.3 Å². The predicted molar refractivity (Wildman–Crippen MR) is 159 cm³/mol. The van der Waals surface area contributed by atoms with E-state index >= 15 is 0 Å². The normalized spacial score (nSPS) is 16.1. The van der Waals surface area contributed by atoms with Gasteiger partial charge in [-0.15, -0.1) is 12.6 Å². The van der Waals surface area contributed by atoms with E-state index in [1.54, 1.807) is 0 Å². The molecule has 0 bridgehead atoms. The number of ether oxygens (including phenoxy) is 2. The number of aliphatic carboxylic acids is 1. The van der Waals surface area contributed by atoms with Crippen molar-refractivity contribution in [2.75, 3.05) is 6.61 Å². The Hall–Kier alpha value is -0.0700. The Morgan fingerprint density at radius 2 is 1.24 bits per heavy atom. The van der Waals surface area contributed by atoms with Crippen molar-refractivity contribution < 1.29 is 29.0 Å². The molecule has 0 aliphatic heterocycles. The number of thiol groups is 1. The summed E-state index contributed by atoms with van der Waals surface area (Å²) in [5, 5.41) is 16.7. The van der Waals surface area contributed by atoms with Gasteiger partial charge in [0.25, 0.3) is 0 Å². The van der Waals surface area contributed by atoms with E-state index in [0.717, 1.165) is 6.42 Å². The SMILES string of the molecule is CCCCCCCCCCCCCC(CCCCCCC)CC(S)OC(CC)OCC(O)([PH2]=O)C(=O)O. The Balaban J connectivity index is 4.44. The molecule has 0 saturated heterocycles. The van der Waals surface area contributed by atoms with E-state index in [-0.39, 0.29) is 5.44 Å². The lowest BCUT2D eigenvalue weighted by Crippen LogP contribution is -2.39. The van der Waals surface area contributed by atoms with Crippen molar-refractivity contribution in [1.29, 1.82) is 0 Å². The zero-order chi connectivity index (χ0) is 27.8. The third kappa shape index (κ3) is 20.5. The Kier molecular flexibility index (Phi) is 24.9. The highest BCUT2D eigenvalue weighted by atomic mass is 32.1. The lowest BCUT2D eigenvalue weighted by atomic mass is 9.91. The lowest BCUT2D eigenvalue weighted by molar-refractivity contribution is -0.183. The number of hydrogen-bond donors (Lipinski definition) is 3. The number of unbranched alkanes of at least 4 members (excludes halogenated alkanes) is 14. The maximum atomic E-state index is 11.2. The summed E-state index contributed by atoms with van der Waals surface area (Å²) in [5.74, 6) is -0.993. The van der Waals surface area contributed by atoms with Crippen LogP contribution in [0.5, 0.6) is 0 Å². The van der Waals surface area contributed by atoms with Gasteiger partial charge in [-0.2, -0.15) is 0 Å². The van der Waals surface area contributed by atoms with E-state index in [2.05, 4.69) is 26.5 Å². The summed E-state index contributed by atoms with van der Waals surface area (Å²) in [6.07, 6.45) is 24.1. The van der Waals surface area contributed by atoms with Gasteiger partial charge in [0, 0.05) is 0 Å². The first kappa shape index (κ1) is 36.9. The Morgan fingerprint density at radius 1 is 0.811 bits per heavy atom. The van der Waals surface area contributed by atoms with Gasteiger partial charge in [-0.3, -0.25) is 0 Å². The van der Waals surface area contributed by atoms with Crippen LogP contribution in [0.1, 0.15) is 149 Å². The van der Waals surface area contributed by atoms with E-state index in [4.69, 9.17) is 14.6 Å². The van der Waals surface area contributed by atoms with Crippen LogP contribution in [0.3, 0.4) is 0 Å². The molecule has 222 valence electrons. The molecule has 0 heterocycles. The standard InChI is InChI=1S/C29H59O6PS/c1-4-7-9-11-12-13-14-15-16-18-20-22-25(21-19-17-10-8-5-2)23-27(37)35-26(6-3)34-24-29(32,36-33)28(30)31/h25-27,32,37H,4-24,36H2,1-3H3,(H,30,31). The second kappa shape index (κ2) is 24.9. The summed E-state index contributed by atoms with van der Waals surface area (Å²) in [6.45, 7) is 5.81. The van der Waals surface area contributed by atoms with Crippen LogP contribution in [0.25, 0.3) is 0 Å². The molecule has 0 saturated carbocycles. The van der Waals surface area contributed by atoms with Crippen molar-refractivity contribution in [1.82, 2.24) is 0 Å². The minimum atomic E-state index is -2.35. The maximum absolute atomic E-state index is 11.2. The number of rotatable bonds is 28. The van der Waals surface area contributed by atoms with Crippen LogP contribution < -0.4 is 0 Å². The number of hydrogen-bond acceptors (Lipinski definition) is 6. The summed E-state index contributed by atoms with van der Waals surface area (Å²) in [7, 11) is -1.93. The molecule has 5 unspecified atom stereocenters. The van der Waals surface area contributed by atoms with Gasteiger partial charge in [0.05, 0.1) is 6.61 Å². The van der Waals surface area contributed by atoms with Crippen LogP contribution >= 0.6 is 21.1 Å². The Bertz CT molecular complexity index is 552. The molecule has 2 N–H and O–H groups in total. The van der Waals surface area contributed by atoms with Crippen molar-refractivity contribution in [3.8, 4) is 0 Å². The van der Waals surface area contributed by atoms with Crippen LogP contribution in [0.15, 0.2) is 0 Å². The molecule has 0 aliphatic carbocycles. The molecule has 0 aromatic carbocycles. The average Bonchev–Trinajstić information content (AvgIpc) is 2.88. The summed E-state index contributed by atoms with van der Waals surface area (Å²) >= 11 is 4.66. The van der Waals surface area contributed by atoms with E-state index in [1.807, 2.05) is 6.92 Å². The molecule has 37 heavy (non-hydrogen) atoms. The summed E-state index contributed by atoms with van der Waals surface area (Å²) < 4.78 is 22.6. The van der Waals surface area contributed by atoms with Crippen LogP contribution in [0.4, 0.5) is 0 Å². The summed E-state index contributed by atoms with van der Waals surface area (Å²) in [6, 6.07) is 0. The topological polar surface area (TPSA) is 93.1 Å². The molecule has 0 rings (SSSR count). The summed E-state index contributed by atoms with van der Waals surface area (Å²) in [5.41, 5.74) is -0.323. The first-order valence-corrected chi connectivity index (χ1v) is 16.8. The highest BCUT2D eigenvalue weighted by Gasteiger charge is 2.36. The average molecular weight is 567 g/mol. The maximum Gasteiger partial charge on any atom is 0.345 e. The fourth-order valence-corrected chi connectivity index (χ4v) is 5.35. The second-order valence-electron chi connectivity index (χ2n) is 10.7. The number of carboxylic acids is 1. The van der Waals surface area contributed by atoms with Gasteiger partial charge in [0.1, 0.15) is 13.9 Å². The molecule has 0 spiro atoms. The molecular formula is C29H59O6PS. The zero-order valence-electron chi connectivity index (χ0n) is 24.1. The molecule has 0 aromatic heterocycles. The second-order valence-corrected chi connectivity index (χ2v) is 12.5. The van der Waals surface area contributed by atoms with Gasteiger partial charge in [0.15, 0.2) is 6.29 Å². The fraction of sp³-hybridized carbons (Fsp3) is 0.966. The minimum Gasteiger partial charge on any atom is -0.479 e. The zero-order valence-corrected chi connectivity index (χ0v) is 26.2. The van der Waals surface area contributed by atoms with E-state index in [1.165, 1.54) is 116 Å². The van der Waals surface area contributed by atoms with Gasteiger partial charge in [-0.25, -0.2) is 4.79 Å². The lowest BCUT2D eigenvalue weighted by Gasteiger charge is -2.26. The first-order chi connectivity index (χ1) is 17.8. The highest BCUT2D eigenvalue weighted by molar-refractivity contribution is 7.80. The smallest absolute Gasteiger partial charge is 0.345 e. The molecule has 0 radical (unpaired) electrons. The minimum absolute atomic E-state index is 0.323. The van der Waals surface area contributed by atoms with E-state index < -0.39 is 32.7 Å². The monoisotopic (exact) mass is 566 g/mol. The molecular weight excluding hydrogens is 507 g/mol. The Morgan fingerprint density at radius 3 is 1.62 bits per heavy atom. The molecule has 0 aromatic rings. The van der Waals surface area contributed by atoms with Gasteiger partial charge in [-0.1, -0.05) is 136 Å². The first-order valence-electron chi connectivity index (χ1n) is 15.2. The van der Waals surface area contributed by atoms with Crippen LogP contribution in [0, 0.1) is 5.92 Å². The van der Waals surface area contributed by atoms with Crippen LogP contribution in [-0.2, 0) is 18.8 Å². The predicted octanol–water partition coefficient (Wildman–Crippen LogP) is 8.61. The third-order valence-corrected chi connectivity index (χ3v) is 8.30. The molecule has 0 amide bonds. The highest BCUT2D eigenvalue weighted by Crippen LogP contribution is 2.27. The Labute approximate surface area is 234 Å². The van der Waals surface area contributed by atoms with Crippen molar-refractivity contribution in [3.63, 3.8) is 0 Å². The van der Waals surface area contributed by atoms with Gasteiger partial charge in [0.2, 0.25) is 5.34 Å². The number of carbonyl (C=O) groups is 1. The van der Waals surface area contributed by atoms with Crippen molar-refractivity contribution in [2.45, 2.75) is 166 Å². The van der Waals surface area contributed by atoms with Crippen LogP contribution in [-0.4, -0.2) is 39.9 Å². The molecule has 0 fully saturated rings. The van der Waals surface area contributed by atoms with Crippen molar-refractivity contribution in [2.24, 2.45) is 5.92 Å². The summed E-state index contributed by atoms with van der Waals surface area (Å²) in [4.78, 5) is 11.2. The van der Waals surface area contributed by atoms with E-state index in [9.17, 15) is 14.5 Å². The molecule has 0 aliphatic rings. The quantitative estimate of drug-likeness (QED) is 0.0380. The van der Waals surface area contributed by atoms with Gasteiger partial charge in [-0.05, 0) is 18.8 Å².